The van der Waals surface area contributed by atoms with Crippen LogP contribution in [0.15, 0.2) is 21.6 Å². The molecule has 2 nitrogen and oxygen atoms in total. The Morgan fingerprint density at radius 1 is 1.50 bits per heavy atom. The number of halogens is 1. The molecule has 0 atom stereocenters. The van der Waals surface area contributed by atoms with Crippen molar-refractivity contribution in [3.05, 3.63) is 22.4 Å². The first kappa shape index (κ1) is 14.1. The van der Waals surface area contributed by atoms with Gasteiger partial charge < -0.3 is 0 Å². The van der Waals surface area contributed by atoms with Crippen LogP contribution >= 0.6 is 39.5 Å². The van der Waals surface area contributed by atoms with E-state index in [9.17, 15) is 4.79 Å². The molecule has 0 aliphatic carbocycles. The van der Waals surface area contributed by atoms with Crippen LogP contribution in [0.1, 0.15) is 30.3 Å². The Balaban J connectivity index is 2.85. The summed E-state index contributed by atoms with van der Waals surface area (Å²) in [6.07, 6.45) is 4.11. The third-order valence-electron chi connectivity index (χ3n) is 1.96. The summed E-state index contributed by atoms with van der Waals surface area (Å²) in [4.78, 5) is 16.9. The molecule has 88 valence electrons. The molecule has 0 aliphatic heterocycles. The van der Waals surface area contributed by atoms with Gasteiger partial charge >= 0.3 is 0 Å². The third kappa shape index (κ3) is 4.11. The number of hydrogen-bond donors (Lipinski definition) is 0. The first-order valence-electron chi connectivity index (χ1n) is 5.06. The second kappa shape index (κ2) is 7.35. The number of carbonyl (C=O) groups excluding carboxylic acids is 1. The van der Waals surface area contributed by atoms with Crippen molar-refractivity contribution in [2.24, 2.45) is 0 Å². The quantitative estimate of drug-likeness (QED) is 0.461. The summed E-state index contributed by atoms with van der Waals surface area (Å²) in [6.45, 7) is 2.16. The van der Waals surface area contributed by atoms with Gasteiger partial charge in [0.05, 0.1) is 0 Å². The topological polar surface area (TPSA) is 30.0 Å². The molecule has 0 fully saturated rings. The lowest BCUT2D eigenvalue weighted by atomic mass is 10.4. The predicted octanol–water partition coefficient (Wildman–Crippen LogP) is 4.24. The Hall–Kier alpha value is -0.000000000000000111. The molecule has 0 spiro atoms. The van der Waals surface area contributed by atoms with Crippen molar-refractivity contribution in [3.63, 3.8) is 0 Å². The highest BCUT2D eigenvalue weighted by Gasteiger charge is 2.13. The largest absolute Gasteiger partial charge is 0.280 e. The average molecular weight is 320 g/mol. The SMILES string of the molecule is CCCCSc1ccc(Br)nc1C(=O)SC. The second-order valence-corrected chi connectivity index (χ2v) is 5.90. The molecule has 1 rings (SSSR count). The van der Waals surface area contributed by atoms with Gasteiger partial charge in [0.25, 0.3) is 0 Å². The van der Waals surface area contributed by atoms with E-state index in [1.165, 1.54) is 18.2 Å². The molecule has 0 N–H and O–H groups in total. The number of aromatic nitrogens is 1. The lowest BCUT2D eigenvalue weighted by molar-refractivity contribution is 0.108. The molecule has 0 amide bonds. The minimum Gasteiger partial charge on any atom is -0.280 e. The zero-order valence-corrected chi connectivity index (χ0v) is 12.5. The first-order valence-corrected chi connectivity index (χ1v) is 8.07. The van der Waals surface area contributed by atoms with Crippen LogP contribution in [-0.2, 0) is 0 Å². The van der Waals surface area contributed by atoms with E-state index < -0.39 is 0 Å². The van der Waals surface area contributed by atoms with E-state index in [0.717, 1.165) is 17.1 Å². The normalized spacial score (nSPS) is 10.4. The van der Waals surface area contributed by atoms with E-state index in [0.29, 0.717) is 10.3 Å². The van der Waals surface area contributed by atoms with Crippen molar-refractivity contribution in [2.75, 3.05) is 12.0 Å². The van der Waals surface area contributed by atoms with Crippen LogP contribution in [0.25, 0.3) is 0 Å². The minimum absolute atomic E-state index is 0.0281. The van der Waals surface area contributed by atoms with Gasteiger partial charge in [0.1, 0.15) is 10.3 Å². The summed E-state index contributed by atoms with van der Waals surface area (Å²) in [6, 6.07) is 3.84. The van der Waals surface area contributed by atoms with Gasteiger partial charge in [-0.2, -0.15) is 0 Å². The average Bonchev–Trinajstić information content (AvgIpc) is 2.30. The second-order valence-electron chi connectivity index (χ2n) is 3.17. The van der Waals surface area contributed by atoms with Crippen LogP contribution in [0, 0.1) is 0 Å². The van der Waals surface area contributed by atoms with Gasteiger partial charge in [-0.3, -0.25) is 4.79 Å². The van der Waals surface area contributed by atoms with Crippen LogP contribution in [0.3, 0.4) is 0 Å². The summed E-state index contributed by atoms with van der Waals surface area (Å²) in [5.41, 5.74) is 0.572. The van der Waals surface area contributed by atoms with Crippen LogP contribution in [-0.4, -0.2) is 22.1 Å². The maximum atomic E-state index is 11.7. The summed E-state index contributed by atoms with van der Waals surface area (Å²) >= 11 is 6.20. The lowest BCUT2D eigenvalue weighted by Gasteiger charge is -2.06. The number of unbranched alkanes of at least 4 members (excludes halogenated alkanes) is 1. The lowest BCUT2D eigenvalue weighted by Crippen LogP contribution is -2.00. The molecule has 1 aromatic rings. The number of pyridine rings is 1. The van der Waals surface area contributed by atoms with Gasteiger partial charge in [0.15, 0.2) is 0 Å². The van der Waals surface area contributed by atoms with Crippen LogP contribution in [0.4, 0.5) is 0 Å². The van der Waals surface area contributed by atoms with Gasteiger partial charge in [-0.1, -0.05) is 25.1 Å². The molecule has 5 heteroatoms. The standard InChI is InChI=1S/C11H14BrNOS2/c1-3-4-7-16-8-5-6-9(12)13-10(8)11(14)15-2/h5-6H,3-4,7H2,1-2H3. The maximum Gasteiger partial charge on any atom is 0.238 e. The Bertz CT molecular complexity index is 371. The zero-order chi connectivity index (χ0) is 12.0. The monoisotopic (exact) mass is 319 g/mol. The molecular formula is C11H14BrNOS2. The Morgan fingerprint density at radius 3 is 2.88 bits per heavy atom. The highest BCUT2D eigenvalue weighted by Crippen LogP contribution is 2.26. The molecule has 0 saturated carbocycles. The van der Waals surface area contributed by atoms with Crippen molar-refractivity contribution < 1.29 is 4.79 Å². The highest BCUT2D eigenvalue weighted by atomic mass is 79.9. The third-order valence-corrected chi connectivity index (χ3v) is 4.10. The minimum atomic E-state index is 0.0281. The number of rotatable bonds is 5. The Labute approximate surface area is 113 Å². The molecule has 1 heterocycles. The summed E-state index contributed by atoms with van der Waals surface area (Å²) in [5, 5.41) is 0.0281. The van der Waals surface area contributed by atoms with E-state index in [1.54, 1.807) is 18.0 Å². The number of thioether (sulfide) groups is 2. The Kier molecular flexibility index (Phi) is 6.46. The van der Waals surface area contributed by atoms with E-state index in [4.69, 9.17) is 0 Å². The van der Waals surface area contributed by atoms with E-state index in [-0.39, 0.29) is 5.12 Å². The van der Waals surface area contributed by atoms with Crippen molar-refractivity contribution >= 4 is 44.6 Å². The molecule has 0 radical (unpaired) electrons. The molecule has 0 unspecified atom stereocenters. The van der Waals surface area contributed by atoms with Gasteiger partial charge in [0, 0.05) is 4.90 Å². The van der Waals surface area contributed by atoms with Crippen LogP contribution in [0.5, 0.6) is 0 Å². The van der Waals surface area contributed by atoms with Crippen LogP contribution in [0.2, 0.25) is 0 Å². The van der Waals surface area contributed by atoms with Crippen molar-refractivity contribution in [2.45, 2.75) is 24.7 Å². The predicted molar refractivity (Wildman–Crippen MR) is 75.4 cm³/mol. The summed E-state index contributed by atoms with van der Waals surface area (Å²) < 4.78 is 0.713. The fourth-order valence-electron chi connectivity index (χ4n) is 1.11. The molecule has 0 bridgehead atoms. The van der Waals surface area contributed by atoms with Crippen LogP contribution < -0.4 is 0 Å². The van der Waals surface area contributed by atoms with Gasteiger partial charge in [-0.15, -0.1) is 11.8 Å². The Morgan fingerprint density at radius 2 is 2.25 bits per heavy atom. The molecular weight excluding hydrogens is 306 g/mol. The number of carbonyl (C=O) groups is 1. The molecule has 1 aromatic heterocycles. The smallest absolute Gasteiger partial charge is 0.238 e. The van der Waals surface area contributed by atoms with E-state index in [2.05, 4.69) is 27.8 Å². The zero-order valence-electron chi connectivity index (χ0n) is 9.33. The van der Waals surface area contributed by atoms with E-state index >= 15 is 0 Å². The maximum absolute atomic E-state index is 11.7. The highest BCUT2D eigenvalue weighted by molar-refractivity contribution is 9.10. The fourth-order valence-corrected chi connectivity index (χ4v) is 2.92. The van der Waals surface area contributed by atoms with Gasteiger partial charge in [0.2, 0.25) is 5.12 Å². The number of hydrogen-bond acceptors (Lipinski definition) is 4. The van der Waals surface area contributed by atoms with Crippen molar-refractivity contribution in [1.29, 1.82) is 0 Å². The molecule has 0 aromatic carbocycles. The number of nitrogens with zero attached hydrogens (tertiary/aromatic N) is 1. The van der Waals surface area contributed by atoms with Gasteiger partial charge in [-0.05, 0) is 46.5 Å². The van der Waals surface area contributed by atoms with Gasteiger partial charge in [-0.25, -0.2) is 4.98 Å². The van der Waals surface area contributed by atoms with Crippen molar-refractivity contribution in [1.82, 2.24) is 4.98 Å². The molecule has 16 heavy (non-hydrogen) atoms. The van der Waals surface area contributed by atoms with Crippen molar-refractivity contribution in [3.8, 4) is 0 Å². The summed E-state index contributed by atoms with van der Waals surface area (Å²) in [5.74, 6) is 1.04. The summed E-state index contributed by atoms with van der Waals surface area (Å²) in [7, 11) is 0. The molecule has 0 aliphatic rings. The molecule has 0 saturated heterocycles. The fraction of sp³-hybridized carbons (Fsp3) is 0.455. The first-order chi connectivity index (χ1) is 7.69. The van der Waals surface area contributed by atoms with E-state index in [1.807, 2.05) is 12.1 Å².